The first kappa shape index (κ1) is 15.9. The standard InChI is InChI=1S/C17H20O5/c1-2-13-11-21-7-6-14(13)10-17(20)22-8-5-12-3-4-15(18)16(19)9-12/h2-4,6-7,9,14,18-19H,5,8,10-11H2,1H3/b13-2+. The lowest BCUT2D eigenvalue weighted by Crippen LogP contribution is -2.17. The molecular weight excluding hydrogens is 284 g/mol. The topological polar surface area (TPSA) is 76.0 Å². The molecule has 2 rings (SSSR count). The number of phenols is 2. The van der Waals surface area contributed by atoms with Crippen LogP contribution in [-0.4, -0.2) is 29.4 Å². The van der Waals surface area contributed by atoms with Crippen LogP contribution in [0.3, 0.4) is 0 Å². The predicted octanol–water partition coefficient (Wildman–Crippen LogP) is 2.68. The average molecular weight is 304 g/mol. The van der Waals surface area contributed by atoms with Gasteiger partial charge in [0.25, 0.3) is 0 Å². The van der Waals surface area contributed by atoms with E-state index in [-0.39, 0.29) is 30.0 Å². The van der Waals surface area contributed by atoms with Crippen molar-refractivity contribution >= 4 is 5.97 Å². The van der Waals surface area contributed by atoms with Gasteiger partial charge in [-0.3, -0.25) is 4.79 Å². The molecule has 0 radical (unpaired) electrons. The first-order valence-electron chi connectivity index (χ1n) is 7.20. The van der Waals surface area contributed by atoms with E-state index in [0.29, 0.717) is 19.4 Å². The minimum Gasteiger partial charge on any atom is -0.504 e. The Bertz CT molecular complexity index is 589. The molecule has 1 unspecified atom stereocenters. The molecule has 0 saturated heterocycles. The lowest BCUT2D eigenvalue weighted by molar-refractivity contribution is -0.144. The van der Waals surface area contributed by atoms with E-state index in [4.69, 9.17) is 9.47 Å². The number of aromatic hydroxyl groups is 2. The molecule has 2 N–H and O–H groups in total. The van der Waals surface area contributed by atoms with E-state index in [1.54, 1.807) is 12.3 Å². The highest BCUT2D eigenvalue weighted by Gasteiger charge is 2.19. The van der Waals surface area contributed by atoms with Crippen molar-refractivity contribution in [1.82, 2.24) is 0 Å². The van der Waals surface area contributed by atoms with Crippen molar-refractivity contribution in [2.75, 3.05) is 13.2 Å². The second kappa shape index (κ2) is 7.54. The first-order chi connectivity index (χ1) is 10.6. The summed E-state index contributed by atoms with van der Waals surface area (Å²) in [6.45, 7) is 2.67. The van der Waals surface area contributed by atoms with E-state index in [0.717, 1.165) is 11.1 Å². The maximum Gasteiger partial charge on any atom is 0.306 e. The van der Waals surface area contributed by atoms with Crippen LogP contribution in [0, 0.1) is 5.92 Å². The van der Waals surface area contributed by atoms with Gasteiger partial charge in [-0.05, 0) is 36.3 Å². The number of carbonyl (C=O) groups is 1. The van der Waals surface area contributed by atoms with Gasteiger partial charge >= 0.3 is 5.97 Å². The lowest BCUT2D eigenvalue weighted by Gasteiger charge is -2.20. The number of hydrogen-bond donors (Lipinski definition) is 2. The van der Waals surface area contributed by atoms with E-state index in [1.165, 1.54) is 12.1 Å². The van der Waals surface area contributed by atoms with Crippen molar-refractivity contribution in [3.05, 3.63) is 47.7 Å². The normalized spacial score (nSPS) is 19.0. The fourth-order valence-corrected chi connectivity index (χ4v) is 2.27. The number of rotatable bonds is 5. The van der Waals surface area contributed by atoms with Crippen molar-refractivity contribution in [2.45, 2.75) is 19.8 Å². The highest BCUT2D eigenvalue weighted by Crippen LogP contribution is 2.25. The summed E-state index contributed by atoms with van der Waals surface area (Å²) < 4.78 is 10.4. The summed E-state index contributed by atoms with van der Waals surface area (Å²) in [6.07, 6.45) is 6.21. The van der Waals surface area contributed by atoms with Crippen LogP contribution in [0.5, 0.6) is 11.5 Å². The monoisotopic (exact) mass is 304 g/mol. The summed E-state index contributed by atoms with van der Waals surface area (Å²) in [6, 6.07) is 4.56. The van der Waals surface area contributed by atoms with Gasteiger partial charge in [-0.2, -0.15) is 0 Å². The summed E-state index contributed by atoms with van der Waals surface area (Å²) in [7, 11) is 0. The molecule has 1 aliphatic heterocycles. The molecule has 0 fully saturated rings. The van der Waals surface area contributed by atoms with Gasteiger partial charge in [0.1, 0.15) is 6.61 Å². The molecule has 1 aromatic carbocycles. The number of phenolic OH excluding ortho intramolecular Hbond substituents is 2. The van der Waals surface area contributed by atoms with Crippen LogP contribution in [0.25, 0.3) is 0 Å². The zero-order valence-corrected chi connectivity index (χ0v) is 12.5. The Kier molecular flexibility index (Phi) is 5.47. The Labute approximate surface area is 129 Å². The SMILES string of the molecule is C/C=C1\COC=CC1CC(=O)OCCc1ccc(O)c(O)c1. The summed E-state index contributed by atoms with van der Waals surface area (Å²) in [4.78, 5) is 11.9. The van der Waals surface area contributed by atoms with E-state index in [1.807, 2.05) is 19.1 Å². The molecule has 1 aliphatic rings. The minimum atomic E-state index is -0.265. The fraction of sp³-hybridized carbons (Fsp3) is 0.353. The molecule has 1 atom stereocenters. The molecule has 0 spiro atoms. The Morgan fingerprint density at radius 1 is 1.41 bits per heavy atom. The maximum absolute atomic E-state index is 11.9. The maximum atomic E-state index is 11.9. The molecule has 1 heterocycles. The third-order valence-electron chi connectivity index (χ3n) is 3.58. The van der Waals surface area contributed by atoms with E-state index < -0.39 is 0 Å². The second-order valence-corrected chi connectivity index (χ2v) is 5.11. The Hall–Kier alpha value is -2.43. The van der Waals surface area contributed by atoms with Crippen LogP contribution in [0.15, 0.2) is 42.2 Å². The third kappa shape index (κ3) is 4.28. The number of allylic oxidation sites excluding steroid dienone is 2. The van der Waals surface area contributed by atoms with Gasteiger partial charge in [0.15, 0.2) is 11.5 Å². The van der Waals surface area contributed by atoms with Crippen molar-refractivity contribution in [3.63, 3.8) is 0 Å². The Morgan fingerprint density at radius 3 is 2.95 bits per heavy atom. The lowest BCUT2D eigenvalue weighted by atomic mass is 9.95. The molecule has 0 aliphatic carbocycles. The molecule has 5 heteroatoms. The third-order valence-corrected chi connectivity index (χ3v) is 3.58. The highest BCUT2D eigenvalue weighted by atomic mass is 16.5. The number of esters is 1. The summed E-state index contributed by atoms with van der Waals surface area (Å²) >= 11 is 0. The number of ether oxygens (including phenoxy) is 2. The average Bonchev–Trinajstić information content (AvgIpc) is 2.51. The Morgan fingerprint density at radius 2 is 2.23 bits per heavy atom. The molecule has 0 bridgehead atoms. The molecule has 0 aromatic heterocycles. The zero-order chi connectivity index (χ0) is 15.9. The van der Waals surface area contributed by atoms with Gasteiger partial charge in [0.2, 0.25) is 0 Å². The molecule has 5 nitrogen and oxygen atoms in total. The van der Waals surface area contributed by atoms with E-state index in [2.05, 4.69) is 0 Å². The zero-order valence-electron chi connectivity index (χ0n) is 12.5. The molecule has 1 aromatic rings. The van der Waals surface area contributed by atoms with Crippen molar-refractivity contribution < 1.29 is 24.5 Å². The van der Waals surface area contributed by atoms with E-state index in [9.17, 15) is 15.0 Å². The van der Waals surface area contributed by atoms with Crippen LogP contribution in [-0.2, 0) is 20.7 Å². The molecule has 22 heavy (non-hydrogen) atoms. The summed E-state index contributed by atoms with van der Waals surface area (Å²) in [5, 5.41) is 18.6. The van der Waals surface area contributed by atoms with Crippen molar-refractivity contribution in [3.8, 4) is 11.5 Å². The van der Waals surface area contributed by atoms with Crippen LogP contribution in [0.1, 0.15) is 18.9 Å². The second-order valence-electron chi connectivity index (χ2n) is 5.11. The van der Waals surface area contributed by atoms with E-state index >= 15 is 0 Å². The highest BCUT2D eigenvalue weighted by molar-refractivity contribution is 5.70. The van der Waals surface area contributed by atoms with Crippen LogP contribution >= 0.6 is 0 Å². The molecule has 0 amide bonds. The number of benzene rings is 1. The van der Waals surface area contributed by atoms with Crippen LogP contribution in [0.2, 0.25) is 0 Å². The molecule has 118 valence electrons. The quantitative estimate of drug-likeness (QED) is 0.497. The van der Waals surface area contributed by atoms with Gasteiger partial charge in [-0.1, -0.05) is 12.1 Å². The van der Waals surface area contributed by atoms with Crippen LogP contribution < -0.4 is 0 Å². The predicted molar refractivity (Wildman–Crippen MR) is 81.4 cm³/mol. The Balaban J connectivity index is 1.79. The number of carbonyl (C=O) groups excluding carboxylic acids is 1. The smallest absolute Gasteiger partial charge is 0.306 e. The summed E-state index contributed by atoms with van der Waals surface area (Å²) in [5.74, 6) is -0.567. The van der Waals surface area contributed by atoms with Gasteiger partial charge in [-0.15, -0.1) is 0 Å². The molecule has 0 saturated carbocycles. The van der Waals surface area contributed by atoms with Crippen molar-refractivity contribution in [2.24, 2.45) is 5.92 Å². The molecular formula is C17H20O5. The van der Waals surface area contributed by atoms with Gasteiger partial charge in [-0.25, -0.2) is 0 Å². The first-order valence-corrected chi connectivity index (χ1v) is 7.20. The van der Waals surface area contributed by atoms with Gasteiger partial charge < -0.3 is 19.7 Å². The largest absolute Gasteiger partial charge is 0.504 e. The van der Waals surface area contributed by atoms with Gasteiger partial charge in [0, 0.05) is 12.3 Å². The van der Waals surface area contributed by atoms with Gasteiger partial charge in [0.05, 0.1) is 19.3 Å². The van der Waals surface area contributed by atoms with Crippen molar-refractivity contribution in [1.29, 1.82) is 0 Å². The fourth-order valence-electron chi connectivity index (χ4n) is 2.27. The minimum absolute atomic E-state index is 0.0315. The van der Waals surface area contributed by atoms with Crippen LogP contribution in [0.4, 0.5) is 0 Å². The summed E-state index contributed by atoms with van der Waals surface area (Å²) in [5.41, 5.74) is 1.87. The number of hydrogen-bond acceptors (Lipinski definition) is 5.